The van der Waals surface area contributed by atoms with E-state index in [1.807, 2.05) is 24.3 Å². The summed E-state index contributed by atoms with van der Waals surface area (Å²) >= 11 is 0. The predicted molar refractivity (Wildman–Crippen MR) is 92.8 cm³/mol. The number of carbonyl (C=O) groups is 1. The van der Waals surface area contributed by atoms with Crippen LogP contribution in [-0.4, -0.2) is 18.7 Å². The summed E-state index contributed by atoms with van der Waals surface area (Å²) in [6, 6.07) is 13.4. The third kappa shape index (κ3) is 5.50. The SMILES string of the molecule is CC(C)(C)c1ccc(OCC(=O)NN=Cc2ccc(F)cc2)cc1. The molecule has 0 saturated heterocycles. The Balaban J connectivity index is 1.79. The molecule has 2 rings (SSSR count). The van der Waals surface area contributed by atoms with Crippen molar-refractivity contribution in [1.82, 2.24) is 5.43 Å². The van der Waals surface area contributed by atoms with Crippen molar-refractivity contribution >= 4 is 12.1 Å². The summed E-state index contributed by atoms with van der Waals surface area (Å²) in [4.78, 5) is 11.7. The van der Waals surface area contributed by atoms with Gasteiger partial charge in [-0.3, -0.25) is 4.79 Å². The Morgan fingerprint density at radius 2 is 1.75 bits per heavy atom. The average Bonchev–Trinajstić information content (AvgIpc) is 2.54. The average molecular weight is 328 g/mol. The van der Waals surface area contributed by atoms with E-state index in [-0.39, 0.29) is 23.7 Å². The Morgan fingerprint density at radius 3 is 2.33 bits per heavy atom. The lowest BCUT2D eigenvalue weighted by Gasteiger charge is -2.19. The van der Waals surface area contributed by atoms with Gasteiger partial charge < -0.3 is 4.74 Å². The molecule has 5 heteroatoms. The fraction of sp³-hybridized carbons (Fsp3) is 0.263. The molecular weight excluding hydrogens is 307 g/mol. The zero-order chi connectivity index (χ0) is 17.6. The van der Waals surface area contributed by atoms with Crippen LogP contribution in [0.5, 0.6) is 5.75 Å². The fourth-order valence-electron chi connectivity index (χ4n) is 1.96. The van der Waals surface area contributed by atoms with Crippen LogP contribution in [0, 0.1) is 5.82 Å². The van der Waals surface area contributed by atoms with Crippen molar-refractivity contribution in [2.24, 2.45) is 5.10 Å². The maximum absolute atomic E-state index is 12.8. The highest BCUT2D eigenvalue weighted by Gasteiger charge is 2.13. The van der Waals surface area contributed by atoms with Gasteiger partial charge in [-0.05, 0) is 40.8 Å². The molecule has 0 spiro atoms. The Labute approximate surface area is 141 Å². The number of halogens is 1. The van der Waals surface area contributed by atoms with Crippen molar-refractivity contribution in [3.05, 3.63) is 65.5 Å². The number of nitrogens with zero attached hydrogens (tertiary/aromatic N) is 1. The minimum absolute atomic E-state index is 0.0744. The highest BCUT2D eigenvalue weighted by molar-refractivity contribution is 5.82. The van der Waals surface area contributed by atoms with Crippen LogP contribution < -0.4 is 10.2 Å². The van der Waals surface area contributed by atoms with Crippen molar-refractivity contribution in [1.29, 1.82) is 0 Å². The van der Waals surface area contributed by atoms with E-state index >= 15 is 0 Å². The largest absolute Gasteiger partial charge is 0.484 e. The zero-order valence-corrected chi connectivity index (χ0v) is 14.0. The van der Waals surface area contributed by atoms with Crippen molar-refractivity contribution in [2.75, 3.05) is 6.61 Å². The lowest BCUT2D eigenvalue weighted by atomic mass is 9.87. The smallest absolute Gasteiger partial charge is 0.277 e. The van der Waals surface area contributed by atoms with E-state index in [4.69, 9.17) is 4.74 Å². The summed E-state index contributed by atoms with van der Waals surface area (Å²) in [7, 11) is 0. The molecule has 1 N–H and O–H groups in total. The maximum atomic E-state index is 12.8. The van der Waals surface area contributed by atoms with Gasteiger partial charge in [-0.1, -0.05) is 45.0 Å². The van der Waals surface area contributed by atoms with Crippen molar-refractivity contribution in [3.63, 3.8) is 0 Å². The lowest BCUT2D eigenvalue weighted by Crippen LogP contribution is -2.24. The predicted octanol–water partition coefficient (Wildman–Crippen LogP) is 3.65. The topological polar surface area (TPSA) is 50.7 Å². The number of ether oxygens (including phenoxy) is 1. The number of hydrogen-bond donors (Lipinski definition) is 1. The van der Waals surface area contributed by atoms with E-state index in [2.05, 4.69) is 31.3 Å². The Bertz CT molecular complexity index is 702. The molecule has 24 heavy (non-hydrogen) atoms. The maximum Gasteiger partial charge on any atom is 0.277 e. The van der Waals surface area contributed by atoms with Gasteiger partial charge in [-0.15, -0.1) is 0 Å². The molecule has 0 aromatic heterocycles. The van der Waals surface area contributed by atoms with Gasteiger partial charge in [0.25, 0.3) is 5.91 Å². The molecule has 0 bridgehead atoms. The molecule has 0 aliphatic heterocycles. The Hall–Kier alpha value is -2.69. The fourth-order valence-corrected chi connectivity index (χ4v) is 1.96. The molecule has 0 heterocycles. The van der Waals surface area contributed by atoms with Gasteiger partial charge in [-0.2, -0.15) is 5.10 Å². The van der Waals surface area contributed by atoms with E-state index in [1.54, 1.807) is 12.1 Å². The minimum atomic E-state index is -0.367. The summed E-state index contributed by atoms with van der Waals surface area (Å²) in [5.41, 5.74) is 4.33. The summed E-state index contributed by atoms with van der Waals surface area (Å²) in [6.45, 7) is 6.27. The molecule has 0 radical (unpaired) electrons. The summed E-state index contributed by atoms with van der Waals surface area (Å²) < 4.78 is 18.2. The highest BCUT2D eigenvalue weighted by Crippen LogP contribution is 2.24. The second-order valence-corrected chi connectivity index (χ2v) is 6.41. The molecule has 0 aliphatic carbocycles. The van der Waals surface area contributed by atoms with Gasteiger partial charge in [0, 0.05) is 0 Å². The first-order chi connectivity index (χ1) is 11.3. The van der Waals surface area contributed by atoms with Crippen molar-refractivity contribution in [3.8, 4) is 5.75 Å². The number of rotatable bonds is 5. The summed E-state index contributed by atoms with van der Waals surface area (Å²) in [5.74, 6) is -0.0593. The van der Waals surface area contributed by atoms with Gasteiger partial charge in [-0.25, -0.2) is 9.82 Å². The van der Waals surface area contributed by atoms with Crippen LogP contribution in [0.4, 0.5) is 4.39 Å². The van der Waals surface area contributed by atoms with E-state index in [9.17, 15) is 9.18 Å². The van der Waals surface area contributed by atoms with Crippen LogP contribution in [0.3, 0.4) is 0 Å². The van der Waals surface area contributed by atoms with Gasteiger partial charge in [0.15, 0.2) is 6.61 Å². The molecule has 0 fully saturated rings. The Kier molecular flexibility index (Phi) is 5.68. The van der Waals surface area contributed by atoms with Crippen LogP contribution in [0.2, 0.25) is 0 Å². The molecule has 2 aromatic rings. The quantitative estimate of drug-likeness (QED) is 0.673. The van der Waals surface area contributed by atoms with Crippen LogP contribution in [0.1, 0.15) is 31.9 Å². The van der Waals surface area contributed by atoms with Gasteiger partial charge in [0.1, 0.15) is 11.6 Å². The van der Waals surface area contributed by atoms with Gasteiger partial charge >= 0.3 is 0 Å². The lowest BCUT2D eigenvalue weighted by molar-refractivity contribution is -0.123. The standard InChI is InChI=1S/C19H21FN2O2/c1-19(2,3)15-6-10-17(11-7-15)24-13-18(23)22-21-12-14-4-8-16(20)9-5-14/h4-12H,13H2,1-3H3,(H,22,23). The number of hydrogen-bond acceptors (Lipinski definition) is 3. The molecule has 1 amide bonds. The molecule has 0 aliphatic rings. The number of benzene rings is 2. The van der Waals surface area contributed by atoms with Gasteiger partial charge in [0.2, 0.25) is 0 Å². The molecule has 126 valence electrons. The first-order valence-corrected chi connectivity index (χ1v) is 7.65. The third-order valence-electron chi connectivity index (χ3n) is 3.36. The zero-order valence-electron chi connectivity index (χ0n) is 14.0. The number of nitrogens with one attached hydrogen (secondary N) is 1. The second-order valence-electron chi connectivity index (χ2n) is 6.41. The van der Waals surface area contributed by atoms with Crippen LogP contribution in [-0.2, 0) is 10.2 Å². The summed E-state index contributed by atoms with van der Waals surface area (Å²) in [6.07, 6.45) is 1.44. The molecule has 0 saturated carbocycles. The second kappa shape index (κ2) is 7.73. The van der Waals surface area contributed by atoms with Gasteiger partial charge in [0.05, 0.1) is 6.21 Å². The van der Waals surface area contributed by atoms with E-state index in [0.717, 1.165) is 0 Å². The normalized spacial score (nSPS) is 11.5. The number of hydrazone groups is 1. The van der Waals surface area contributed by atoms with E-state index < -0.39 is 0 Å². The van der Waals surface area contributed by atoms with Crippen molar-refractivity contribution < 1.29 is 13.9 Å². The van der Waals surface area contributed by atoms with E-state index in [0.29, 0.717) is 11.3 Å². The van der Waals surface area contributed by atoms with Crippen LogP contribution in [0.25, 0.3) is 0 Å². The molecular formula is C19H21FN2O2. The first kappa shape index (κ1) is 17.7. The molecule has 0 atom stereocenters. The van der Waals surface area contributed by atoms with Crippen molar-refractivity contribution in [2.45, 2.75) is 26.2 Å². The monoisotopic (exact) mass is 328 g/mol. The van der Waals surface area contributed by atoms with Crippen LogP contribution >= 0.6 is 0 Å². The van der Waals surface area contributed by atoms with E-state index in [1.165, 1.54) is 23.9 Å². The summed E-state index contributed by atoms with van der Waals surface area (Å²) in [5, 5.41) is 3.80. The first-order valence-electron chi connectivity index (χ1n) is 7.65. The number of carbonyl (C=O) groups excluding carboxylic acids is 1. The highest BCUT2D eigenvalue weighted by atomic mass is 19.1. The Morgan fingerprint density at radius 1 is 1.12 bits per heavy atom. The third-order valence-corrected chi connectivity index (χ3v) is 3.36. The molecule has 0 unspecified atom stereocenters. The molecule has 4 nitrogen and oxygen atoms in total. The molecule has 2 aromatic carbocycles. The minimum Gasteiger partial charge on any atom is -0.484 e. The number of amides is 1. The van der Waals surface area contributed by atoms with Crippen LogP contribution in [0.15, 0.2) is 53.6 Å².